The van der Waals surface area contributed by atoms with Gasteiger partial charge in [-0.05, 0) is 32.8 Å². The highest BCUT2D eigenvalue weighted by Crippen LogP contribution is 2.16. The van der Waals surface area contributed by atoms with Gasteiger partial charge in [-0.2, -0.15) is 0 Å². The minimum absolute atomic E-state index is 0.0597. The van der Waals surface area contributed by atoms with Gasteiger partial charge in [0.2, 0.25) is 0 Å². The zero-order valence-electron chi connectivity index (χ0n) is 15.5. The van der Waals surface area contributed by atoms with Crippen LogP contribution < -0.4 is 16.0 Å². The van der Waals surface area contributed by atoms with Gasteiger partial charge in [-0.3, -0.25) is 4.99 Å². The maximum Gasteiger partial charge on any atom is 0.191 e. The van der Waals surface area contributed by atoms with Crippen LogP contribution in [0.4, 0.5) is 0 Å². The lowest BCUT2D eigenvalue weighted by atomic mass is 10.0. The number of rotatable bonds is 6. The van der Waals surface area contributed by atoms with E-state index >= 15 is 0 Å². The molecule has 2 atom stereocenters. The van der Waals surface area contributed by atoms with Crippen LogP contribution in [-0.4, -0.2) is 51.1 Å². The van der Waals surface area contributed by atoms with Gasteiger partial charge >= 0.3 is 0 Å². The van der Waals surface area contributed by atoms with Crippen molar-refractivity contribution in [1.29, 1.82) is 0 Å². The molecule has 2 unspecified atom stereocenters. The van der Waals surface area contributed by atoms with Gasteiger partial charge in [0.25, 0.3) is 0 Å². The van der Waals surface area contributed by atoms with Crippen molar-refractivity contribution in [2.24, 2.45) is 4.99 Å². The van der Waals surface area contributed by atoms with Crippen molar-refractivity contribution in [3.63, 3.8) is 0 Å². The van der Waals surface area contributed by atoms with Crippen LogP contribution in [0.3, 0.4) is 0 Å². The van der Waals surface area contributed by atoms with Gasteiger partial charge < -0.3 is 16.0 Å². The van der Waals surface area contributed by atoms with E-state index in [1.165, 1.54) is 5.56 Å². The van der Waals surface area contributed by atoms with Crippen molar-refractivity contribution in [3.8, 4) is 0 Å². The standard InChI is InChI=1S/C18H30N4O2S/c1-14(15-8-6-5-7-9-15)22-18(2,3)13-20-17(19-4)21-16-10-11-25(23,24)12-16/h5-9,14,16,22H,10-13H2,1-4H3,(H2,19,20,21). The molecule has 0 saturated carbocycles. The molecule has 0 bridgehead atoms. The molecule has 1 aromatic carbocycles. The molecule has 7 heteroatoms. The third-order valence-electron chi connectivity index (χ3n) is 4.40. The molecule has 6 nitrogen and oxygen atoms in total. The lowest BCUT2D eigenvalue weighted by Crippen LogP contribution is -2.53. The molecule has 1 fully saturated rings. The Hall–Kier alpha value is -1.60. The monoisotopic (exact) mass is 366 g/mol. The fourth-order valence-corrected chi connectivity index (χ4v) is 4.74. The first-order valence-corrected chi connectivity index (χ1v) is 10.5. The Morgan fingerprint density at radius 3 is 2.56 bits per heavy atom. The molecule has 140 valence electrons. The van der Waals surface area contributed by atoms with Gasteiger partial charge in [-0.1, -0.05) is 30.3 Å². The molecule has 1 heterocycles. The summed E-state index contributed by atoms with van der Waals surface area (Å²) in [6.45, 7) is 7.08. The van der Waals surface area contributed by atoms with Crippen LogP contribution in [0.2, 0.25) is 0 Å². The highest BCUT2D eigenvalue weighted by Gasteiger charge is 2.29. The molecule has 2 rings (SSSR count). The van der Waals surface area contributed by atoms with Crippen LogP contribution >= 0.6 is 0 Å². The molecule has 25 heavy (non-hydrogen) atoms. The van der Waals surface area contributed by atoms with E-state index in [0.717, 1.165) is 0 Å². The predicted octanol–water partition coefficient (Wildman–Crippen LogP) is 1.47. The quantitative estimate of drug-likeness (QED) is 0.525. The Morgan fingerprint density at radius 2 is 2.00 bits per heavy atom. The number of nitrogens with one attached hydrogen (secondary N) is 3. The highest BCUT2D eigenvalue weighted by atomic mass is 32.2. The van der Waals surface area contributed by atoms with Gasteiger partial charge in [-0.15, -0.1) is 0 Å². The van der Waals surface area contributed by atoms with Crippen molar-refractivity contribution in [2.75, 3.05) is 25.1 Å². The minimum Gasteiger partial charge on any atom is -0.355 e. The summed E-state index contributed by atoms with van der Waals surface area (Å²) in [6.07, 6.45) is 0.635. The molecule has 1 aliphatic heterocycles. The van der Waals surface area contributed by atoms with Crippen LogP contribution in [0, 0.1) is 0 Å². The van der Waals surface area contributed by atoms with Gasteiger partial charge in [-0.25, -0.2) is 8.42 Å². The number of nitrogens with zero attached hydrogens (tertiary/aromatic N) is 1. The highest BCUT2D eigenvalue weighted by molar-refractivity contribution is 7.91. The van der Waals surface area contributed by atoms with E-state index in [-0.39, 0.29) is 29.1 Å². The molecular formula is C18H30N4O2S. The average molecular weight is 367 g/mol. The minimum atomic E-state index is -2.90. The van der Waals surface area contributed by atoms with Crippen molar-refractivity contribution >= 4 is 15.8 Å². The molecular weight excluding hydrogens is 336 g/mol. The summed E-state index contributed by atoms with van der Waals surface area (Å²) >= 11 is 0. The Morgan fingerprint density at radius 1 is 1.32 bits per heavy atom. The second-order valence-corrected chi connectivity index (χ2v) is 9.56. The lowest BCUT2D eigenvalue weighted by molar-refractivity contribution is 0.344. The fourth-order valence-electron chi connectivity index (χ4n) is 3.06. The number of hydrogen-bond acceptors (Lipinski definition) is 4. The lowest BCUT2D eigenvalue weighted by Gasteiger charge is -2.31. The Bertz CT molecular complexity index is 686. The van der Waals surface area contributed by atoms with E-state index in [4.69, 9.17) is 0 Å². The van der Waals surface area contributed by atoms with Gasteiger partial charge in [0.1, 0.15) is 0 Å². The third-order valence-corrected chi connectivity index (χ3v) is 6.17. The van der Waals surface area contributed by atoms with Crippen molar-refractivity contribution in [2.45, 2.75) is 44.8 Å². The average Bonchev–Trinajstić information content (AvgIpc) is 2.90. The van der Waals surface area contributed by atoms with Crippen molar-refractivity contribution in [3.05, 3.63) is 35.9 Å². The summed E-state index contributed by atoms with van der Waals surface area (Å²) in [7, 11) is -1.20. The first-order chi connectivity index (χ1) is 11.7. The van der Waals surface area contributed by atoms with E-state index in [1.807, 2.05) is 18.2 Å². The second-order valence-electron chi connectivity index (χ2n) is 7.33. The van der Waals surface area contributed by atoms with E-state index in [0.29, 0.717) is 18.9 Å². The van der Waals surface area contributed by atoms with E-state index in [9.17, 15) is 8.42 Å². The smallest absolute Gasteiger partial charge is 0.191 e. The zero-order valence-corrected chi connectivity index (χ0v) is 16.4. The molecule has 1 aliphatic rings. The molecule has 1 saturated heterocycles. The SMILES string of the molecule is CN=C(NCC(C)(C)NC(C)c1ccccc1)NC1CCS(=O)(=O)C1. The maximum absolute atomic E-state index is 11.6. The number of aliphatic imine (C=N–C) groups is 1. The van der Waals surface area contributed by atoms with Crippen LogP contribution in [0.5, 0.6) is 0 Å². The van der Waals surface area contributed by atoms with Crippen LogP contribution in [-0.2, 0) is 9.84 Å². The summed E-state index contributed by atoms with van der Waals surface area (Å²) in [5.74, 6) is 1.08. The third kappa shape index (κ3) is 6.32. The molecule has 1 aromatic rings. The van der Waals surface area contributed by atoms with E-state index in [2.05, 4.69) is 53.8 Å². The molecule has 3 N–H and O–H groups in total. The van der Waals surface area contributed by atoms with E-state index < -0.39 is 9.84 Å². The predicted molar refractivity (Wildman–Crippen MR) is 104 cm³/mol. The zero-order chi connectivity index (χ0) is 18.5. The van der Waals surface area contributed by atoms with Crippen LogP contribution in [0.15, 0.2) is 35.3 Å². The van der Waals surface area contributed by atoms with Crippen molar-refractivity contribution < 1.29 is 8.42 Å². The summed E-state index contributed by atoms with van der Waals surface area (Å²) in [4.78, 5) is 4.21. The maximum atomic E-state index is 11.6. The first kappa shape index (κ1) is 19.7. The molecule has 0 aromatic heterocycles. The van der Waals surface area contributed by atoms with Gasteiger partial charge in [0.15, 0.2) is 15.8 Å². The summed E-state index contributed by atoms with van der Waals surface area (Å²) in [6, 6.07) is 10.5. The number of hydrogen-bond donors (Lipinski definition) is 3. The Kier molecular flexibility index (Phi) is 6.46. The van der Waals surface area contributed by atoms with Crippen LogP contribution in [0.1, 0.15) is 38.8 Å². The molecule has 0 radical (unpaired) electrons. The van der Waals surface area contributed by atoms with Gasteiger partial charge in [0, 0.05) is 31.2 Å². The van der Waals surface area contributed by atoms with Crippen LogP contribution in [0.25, 0.3) is 0 Å². The second kappa shape index (κ2) is 8.19. The topological polar surface area (TPSA) is 82.6 Å². The number of guanidine groups is 1. The number of benzene rings is 1. The van der Waals surface area contributed by atoms with Crippen molar-refractivity contribution in [1.82, 2.24) is 16.0 Å². The summed E-state index contributed by atoms with van der Waals surface area (Å²) < 4.78 is 23.1. The summed E-state index contributed by atoms with van der Waals surface area (Å²) in [5, 5.41) is 10.1. The molecule has 0 spiro atoms. The molecule has 0 amide bonds. The summed E-state index contributed by atoms with van der Waals surface area (Å²) in [5.41, 5.74) is 1.09. The molecule has 0 aliphatic carbocycles. The number of sulfone groups is 1. The van der Waals surface area contributed by atoms with Gasteiger partial charge in [0.05, 0.1) is 11.5 Å². The fraction of sp³-hybridized carbons (Fsp3) is 0.611. The van der Waals surface area contributed by atoms with E-state index in [1.54, 1.807) is 7.05 Å². The normalized spacial score (nSPS) is 21.8. The Balaban J connectivity index is 1.85. The Labute approximate surface area is 151 Å². The first-order valence-electron chi connectivity index (χ1n) is 8.71. The largest absolute Gasteiger partial charge is 0.355 e.